The summed E-state index contributed by atoms with van der Waals surface area (Å²) in [6.45, 7) is 3.46. The molecule has 6 heteroatoms. The van der Waals surface area contributed by atoms with Gasteiger partial charge in [0, 0.05) is 11.9 Å². The van der Waals surface area contributed by atoms with Gasteiger partial charge in [0.05, 0.1) is 6.33 Å². The zero-order chi connectivity index (χ0) is 10.6. The van der Waals surface area contributed by atoms with Crippen molar-refractivity contribution >= 4 is 11.6 Å². The van der Waals surface area contributed by atoms with E-state index in [1.807, 2.05) is 0 Å². The van der Waals surface area contributed by atoms with E-state index in [0.29, 0.717) is 5.71 Å². The van der Waals surface area contributed by atoms with Crippen LogP contribution < -0.4 is 11.0 Å². The third kappa shape index (κ3) is 2.51. The minimum absolute atomic E-state index is 0.0579. The van der Waals surface area contributed by atoms with Gasteiger partial charge in [-0.05, 0) is 13.8 Å². The summed E-state index contributed by atoms with van der Waals surface area (Å²) >= 11 is 0. The van der Waals surface area contributed by atoms with Gasteiger partial charge in [0.25, 0.3) is 11.5 Å². The molecule has 0 aliphatic heterocycles. The number of aromatic nitrogens is 2. The van der Waals surface area contributed by atoms with Crippen molar-refractivity contribution in [3.63, 3.8) is 0 Å². The van der Waals surface area contributed by atoms with Crippen molar-refractivity contribution in [3.8, 4) is 0 Å². The number of H-pyrrole nitrogens is 1. The molecule has 0 atom stereocenters. The van der Waals surface area contributed by atoms with Crippen LogP contribution in [0.2, 0.25) is 0 Å². The van der Waals surface area contributed by atoms with Gasteiger partial charge in [-0.15, -0.1) is 0 Å². The van der Waals surface area contributed by atoms with E-state index in [4.69, 9.17) is 0 Å². The minimum atomic E-state index is -0.569. The van der Waals surface area contributed by atoms with Crippen molar-refractivity contribution < 1.29 is 4.79 Å². The van der Waals surface area contributed by atoms with Crippen molar-refractivity contribution in [1.82, 2.24) is 15.4 Å². The molecular formula is C8H10N4O2. The van der Waals surface area contributed by atoms with Gasteiger partial charge in [0.2, 0.25) is 0 Å². The van der Waals surface area contributed by atoms with E-state index in [2.05, 4.69) is 20.5 Å². The van der Waals surface area contributed by atoms with Gasteiger partial charge < -0.3 is 4.98 Å². The molecule has 74 valence electrons. The Bertz CT molecular complexity index is 417. The summed E-state index contributed by atoms with van der Waals surface area (Å²) in [4.78, 5) is 28.3. The van der Waals surface area contributed by atoms with Crippen molar-refractivity contribution in [2.75, 3.05) is 0 Å². The number of aromatic amines is 1. The normalized spacial score (nSPS) is 9.29. The van der Waals surface area contributed by atoms with Gasteiger partial charge in [0.1, 0.15) is 5.56 Å². The summed E-state index contributed by atoms with van der Waals surface area (Å²) in [5.74, 6) is -0.569. The maximum Gasteiger partial charge on any atom is 0.278 e. The Morgan fingerprint density at radius 1 is 1.57 bits per heavy atom. The van der Waals surface area contributed by atoms with Crippen molar-refractivity contribution in [2.45, 2.75) is 13.8 Å². The molecule has 0 fully saturated rings. The minimum Gasteiger partial charge on any atom is -0.312 e. The summed E-state index contributed by atoms with van der Waals surface area (Å²) in [5.41, 5.74) is 2.38. The molecule has 0 bridgehead atoms. The largest absolute Gasteiger partial charge is 0.312 e. The number of nitrogens with one attached hydrogen (secondary N) is 2. The van der Waals surface area contributed by atoms with Crippen molar-refractivity contribution in [1.29, 1.82) is 0 Å². The van der Waals surface area contributed by atoms with Crippen LogP contribution in [0.3, 0.4) is 0 Å². The van der Waals surface area contributed by atoms with Crippen LogP contribution in [0, 0.1) is 0 Å². The molecule has 0 aliphatic rings. The Morgan fingerprint density at radius 3 is 2.86 bits per heavy atom. The highest BCUT2D eigenvalue weighted by Gasteiger charge is 2.08. The second-order valence-electron chi connectivity index (χ2n) is 2.79. The van der Waals surface area contributed by atoms with Crippen molar-refractivity contribution in [2.24, 2.45) is 5.10 Å². The first-order valence-corrected chi connectivity index (χ1v) is 3.95. The van der Waals surface area contributed by atoms with Gasteiger partial charge in [-0.25, -0.2) is 10.4 Å². The number of hydrogen-bond acceptors (Lipinski definition) is 4. The Kier molecular flexibility index (Phi) is 3.11. The Balaban J connectivity index is 2.86. The van der Waals surface area contributed by atoms with E-state index in [1.165, 1.54) is 12.5 Å². The Morgan fingerprint density at radius 2 is 2.29 bits per heavy atom. The smallest absolute Gasteiger partial charge is 0.278 e. The predicted molar refractivity (Wildman–Crippen MR) is 51.1 cm³/mol. The fraction of sp³-hybridized carbons (Fsp3) is 0.250. The first-order chi connectivity index (χ1) is 6.61. The molecule has 14 heavy (non-hydrogen) atoms. The van der Waals surface area contributed by atoms with Gasteiger partial charge >= 0.3 is 0 Å². The fourth-order valence-electron chi connectivity index (χ4n) is 0.729. The summed E-state index contributed by atoms with van der Waals surface area (Å²) in [6, 6.07) is 0. The van der Waals surface area contributed by atoms with Crippen LogP contribution in [0.5, 0.6) is 0 Å². The maximum absolute atomic E-state index is 11.3. The Hall–Kier alpha value is -1.98. The molecule has 2 N–H and O–H groups in total. The molecule has 0 aliphatic carbocycles. The van der Waals surface area contributed by atoms with Gasteiger partial charge in [-0.2, -0.15) is 5.10 Å². The lowest BCUT2D eigenvalue weighted by Gasteiger charge is -1.97. The molecule has 1 rings (SSSR count). The first-order valence-electron chi connectivity index (χ1n) is 3.95. The van der Waals surface area contributed by atoms with Crippen molar-refractivity contribution in [3.05, 3.63) is 28.4 Å². The topological polar surface area (TPSA) is 87.2 Å². The number of carbonyl (C=O) groups is 1. The molecule has 0 aromatic carbocycles. The van der Waals surface area contributed by atoms with Crippen LogP contribution >= 0.6 is 0 Å². The fourth-order valence-corrected chi connectivity index (χ4v) is 0.729. The first kappa shape index (κ1) is 10.1. The van der Waals surface area contributed by atoms with E-state index < -0.39 is 11.5 Å². The monoisotopic (exact) mass is 194 g/mol. The van der Waals surface area contributed by atoms with E-state index in [9.17, 15) is 9.59 Å². The highest BCUT2D eigenvalue weighted by molar-refractivity contribution is 5.94. The average Bonchev–Trinajstić information content (AvgIpc) is 2.15. The molecule has 1 heterocycles. The third-order valence-corrected chi connectivity index (χ3v) is 1.34. The summed E-state index contributed by atoms with van der Waals surface area (Å²) in [5, 5.41) is 3.68. The molecule has 1 aromatic heterocycles. The number of nitrogens with zero attached hydrogens (tertiary/aromatic N) is 2. The third-order valence-electron chi connectivity index (χ3n) is 1.34. The van der Waals surface area contributed by atoms with Crippen LogP contribution in [-0.4, -0.2) is 21.6 Å². The number of rotatable bonds is 2. The van der Waals surface area contributed by atoms with Crippen LogP contribution in [0.4, 0.5) is 0 Å². The summed E-state index contributed by atoms with van der Waals surface area (Å²) < 4.78 is 0. The molecule has 0 saturated carbocycles. The molecule has 1 amide bonds. The van der Waals surface area contributed by atoms with Gasteiger partial charge in [-0.1, -0.05) is 0 Å². The number of hydrogen-bond donors (Lipinski definition) is 2. The standard InChI is InChI=1S/C8H10N4O2/c1-5(2)11-12-8(14)6-3-9-4-10-7(6)13/h3-4H,1-2H3,(H,12,14)(H,9,10,13). The van der Waals surface area contributed by atoms with E-state index in [1.54, 1.807) is 13.8 Å². The Labute approximate surface area is 80.1 Å². The number of amides is 1. The van der Waals surface area contributed by atoms with Crippen LogP contribution in [0.1, 0.15) is 24.2 Å². The lowest BCUT2D eigenvalue weighted by atomic mass is 10.3. The second kappa shape index (κ2) is 4.31. The van der Waals surface area contributed by atoms with Gasteiger partial charge in [0.15, 0.2) is 0 Å². The van der Waals surface area contributed by atoms with E-state index in [-0.39, 0.29) is 5.56 Å². The lowest BCUT2D eigenvalue weighted by Crippen LogP contribution is -2.26. The maximum atomic E-state index is 11.3. The number of hydrazone groups is 1. The van der Waals surface area contributed by atoms with E-state index >= 15 is 0 Å². The zero-order valence-electron chi connectivity index (χ0n) is 7.87. The van der Waals surface area contributed by atoms with E-state index in [0.717, 1.165) is 0 Å². The zero-order valence-corrected chi connectivity index (χ0v) is 7.87. The second-order valence-corrected chi connectivity index (χ2v) is 2.79. The molecule has 0 spiro atoms. The van der Waals surface area contributed by atoms with Gasteiger partial charge in [-0.3, -0.25) is 9.59 Å². The molecule has 0 unspecified atom stereocenters. The highest BCUT2D eigenvalue weighted by Crippen LogP contribution is 1.85. The van der Waals surface area contributed by atoms with Crippen LogP contribution in [0.25, 0.3) is 0 Å². The molecule has 6 nitrogen and oxygen atoms in total. The van der Waals surface area contributed by atoms with Crippen LogP contribution in [-0.2, 0) is 0 Å². The highest BCUT2D eigenvalue weighted by atomic mass is 16.2. The quantitative estimate of drug-likeness (QED) is 0.509. The summed E-state index contributed by atoms with van der Waals surface area (Å²) in [6.07, 6.45) is 2.40. The lowest BCUT2D eigenvalue weighted by molar-refractivity contribution is 0.0953. The molecule has 1 aromatic rings. The summed E-state index contributed by atoms with van der Waals surface area (Å²) in [7, 11) is 0. The average molecular weight is 194 g/mol. The number of carbonyl (C=O) groups excluding carboxylic acids is 1. The molecule has 0 saturated heterocycles. The molecular weight excluding hydrogens is 184 g/mol. The predicted octanol–water partition coefficient (Wildman–Crippen LogP) is -0.104. The van der Waals surface area contributed by atoms with Crippen LogP contribution in [0.15, 0.2) is 22.4 Å². The molecule has 0 radical (unpaired) electrons. The SMILES string of the molecule is CC(C)=NNC(=O)c1cnc[nH]c1=O.